The first-order valence-electron chi connectivity index (χ1n) is 9.60. The topological polar surface area (TPSA) is 71.8 Å². The van der Waals surface area contributed by atoms with Crippen molar-refractivity contribution in [3.8, 4) is 5.75 Å². The van der Waals surface area contributed by atoms with E-state index in [1.807, 2.05) is 36.4 Å². The quantitative estimate of drug-likeness (QED) is 0.739. The van der Waals surface area contributed by atoms with E-state index in [0.717, 1.165) is 22.1 Å². The molecule has 2 aliphatic heterocycles. The van der Waals surface area contributed by atoms with E-state index in [2.05, 4.69) is 11.9 Å². The Balaban J connectivity index is 1.36. The number of nitrogens with zero attached hydrogens (tertiary/aromatic N) is 1. The van der Waals surface area contributed by atoms with Gasteiger partial charge in [0.2, 0.25) is 5.91 Å². The molecule has 3 heterocycles. The average molecular weight is 388 g/mol. The number of nitrogens with one attached hydrogen (secondary N) is 1. The number of carbonyl (C=O) groups is 2. The third kappa shape index (κ3) is 3.06. The van der Waals surface area contributed by atoms with Crippen molar-refractivity contribution in [3.63, 3.8) is 0 Å². The number of fused-ring (bicyclic) bond motifs is 2. The Hall–Kier alpha value is -3.54. The summed E-state index contributed by atoms with van der Waals surface area (Å²) in [7, 11) is 0. The molecule has 0 bridgehead atoms. The molecule has 1 saturated heterocycles. The highest BCUT2D eigenvalue weighted by atomic mass is 16.5. The summed E-state index contributed by atoms with van der Waals surface area (Å²) in [4.78, 5) is 26.9. The maximum Gasteiger partial charge on any atom is 0.255 e. The fourth-order valence-electron chi connectivity index (χ4n) is 4.04. The predicted octanol–water partition coefficient (Wildman–Crippen LogP) is 3.76. The number of furan rings is 1. The third-order valence-corrected chi connectivity index (χ3v) is 5.56. The van der Waals surface area contributed by atoms with Gasteiger partial charge in [0.25, 0.3) is 5.91 Å². The van der Waals surface area contributed by atoms with Crippen molar-refractivity contribution in [2.24, 2.45) is 0 Å². The molecule has 2 aromatic carbocycles. The second kappa shape index (κ2) is 6.81. The van der Waals surface area contributed by atoms with E-state index in [1.165, 1.54) is 0 Å². The molecule has 6 heteroatoms. The van der Waals surface area contributed by atoms with Gasteiger partial charge in [0.05, 0.1) is 12.8 Å². The molecular formula is C23H20N2O4. The summed E-state index contributed by atoms with van der Waals surface area (Å²) in [5.41, 5.74) is 3.99. The third-order valence-electron chi connectivity index (χ3n) is 5.56. The molecule has 1 N–H and O–H groups in total. The molecule has 0 aliphatic carbocycles. The van der Waals surface area contributed by atoms with Crippen LogP contribution in [0.3, 0.4) is 0 Å². The average Bonchev–Trinajstić information content (AvgIpc) is 3.31. The lowest BCUT2D eigenvalue weighted by Gasteiger charge is -2.31. The summed E-state index contributed by atoms with van der Waals surface area (Å²) in [6.07, 6.45) is 2.93. The number of piperidine rings is 1. The van der Waals surface area contributed by atoms with Crippen LogP contribution < -0.4 is 10.1 Å². The number of ether oxygens (including phenoxy) is 1. The van der Waals surface area contributed by atoms with Crippen molar-refractivity contribution in [2.45, 2.75) is 32.0 Å². The van der Waals surface area contributed by atoms with Crippen molar-refractivity contribution in [3.05, 3.63) is 77.7 Å². The fourth-order valence-corrected chi connectivity index (χ4v) is 4.04. The first-order valence-corrected chi connectivity index (χ1v) is 9.60. The van der Waals surface area contributed by atoms with E-state index in [1.54, 1.807) is 17.2 Å². The van der Waals surface area contributed by atoms with Gasteiger partial charge in [-0.3, -0.25) is 9.59 Å². The van der Waals surface area contributed by atoms with Gasteiger partial charge in [0, 0.05) is 22.2 Å². The van der Waals surface area contributed by atoms with Gasteiger partial charge in [-0.05, 0) is 48.7 Å². The molecule has 29 heavy (non-hydrogen) atoms. The lowest BCUT2D eigenvalue weighted by Crippen LogP contribution is -2.49. The SMILES string of the molecule is C=C1CCC(N2Cc3c(OCc4ccc5occc5c4)cccc3C2=O)C(=O)N1. The van der Waals surface area contributed by atoms with Gasteiger partial charge in [-0.15, -0.1) is 0 Å². The molecule has 5 rings (SSSR count). The Kier molecular flexibility index (Phi) is 4.12. The van der Waals surface area contributed by atoms with Crippen LogP contribution in [0.1, 0.15) is 34.3 Å². The van der Waals surface area contributed by atoms with Crippen LogP contribution in [0.5, 0.6) is 5.75 Å². The number of rotatable bonds is 4. The lowest BCUT2D eigenvalue weighted by molar-refractivity contribution is -0.126. The Morgan fingerprint density at radius 3 is 2.97 bits per heavy atom. The molecule has 0 saturated carbocycles. The van der Waals surface area contributed by atoms with Crippen molar-refractivity contribution >= 4 is 22.8 Å². The second-order valence-corrected chi connectivity index (χ2v) is 7.44. The zero-order chi connectivity index (χ0) is 20.0. The highest BCUT2D eigenvalue weighted by molar-refractivity contribution is 6.02. The minimum absolute atomic E-state index is 0.127. The molecule has 146 valence electrons. The lowest BCUT2D eigenvalue weighted by atomic mass is 10.0. The molecular weight excluding hydrogens is 368 g/mol. The Bertz CT molecular complexity index is 1150. The zero-order valence-electron chi connectivity index (χ0n) is 15.8. The van der Waals surface area contributed by atoms with Crippen LogP contribution >= 0.6 is 0 Å². The van der Waals surface area contributed by atoms with E-state index in [0.29, 0.717) is 43.0 Å². The predicted molar refractivity (Wildman–Crippen MR) is 107 cm³/mol. The van der Waals surface area contributed by atoms with Gasteiger partial charge in [-0.1, -0.05) is 18.7 Å². The molecule has 0 spiro atoms. The molecule has 1 unspecified atom stereocenters. The molecule has 1 fully saturated rings. The Labute approximate surface area is 167 Å². The van der Waals surface area contributed by atoms with Crippen molar-refractivity contribution in [1.82, 2.24) is 10.2 Å². The summed E-state index contributed by atoms with van der Waals surface area (Å²) in [6, 6.07) is 12.8. The number of allylic oxidation sites excluding steroid dienone is 1. The first kappa shape index (κ1) is 17.6. The summed E-state index contributed by atoms with van der Waals surface area (Å²) in [6.45, 7) is 4.56. The van der Waals surface area contributed by atoms with Crippen molar-refractivity contribution < 1.29 is 18.7 Å². The van der Waals surface area contributed by atoms with Gasteiger partial charge in [0.1, 0.15) is 24.0 Å². The summed E-state index contributed by atoms with van der Waals surface area (Å²) in [5.74, 6) is 0.377. The molecule has 2 aliphatic rings. The number of carbonyl (C=O) groups excluding carboxylic acids is 2. The van der Waals surface area contributed by atoms with Gasteiger partial charge in [0.15, 0.2) is 0 Å². The molecule has 1 aromatic heterocycles. The van der Waals surface area contributed by atoms with Crippen LogP contribution in [0, 0.1) is 0 Å². The summed E-state index contributed by atoms with van der Waals surface area (Å²) < 4.78 is 11.4. The van der Waals surface area contributed by atoms with Crippen molar-refractivity contribution in [1.29, 1.82) is 0 Å². The zero-order valence-corrected chi connectivity index (χ0v) is 15.8. The number of benzene rings is 2. The molecule has 6 nitrogen and oxygen atoms in total. The minimum atomic E-state index is -0.475. The van der Waals surface area contributed by atoms with Gasteiger partial charge >= 0.3 is 0 Å². The van der Waals surface area contributed by atoms with Crippen LogP contribution in [0.25, 0.3) is 11.0 Å². The Morgan fingerprint density at radius 2 is 2.10 bits per heavy atom. The van der Waals surface area contributed by atoms with Gasteiger partial charge in [-0.25, -0.2) is 0 Å². The van der Waals surface area contributed by atoms with Crippen LogP contribution in [0.4, 0.5) is 0 Å². The Morgan fingerprint density at radius 1 is 1.21 bits per heavy atom. The fraction of sp³-hybridized carbons (Fsp3) is 0.217. The molecule has 1 atom stereocenters. The van der Waals surface area contributed by atoms with E-state index in [4.69, 9.17) is 9.15 Å². The first-order chi connectivity index (χ1) is 14.1. The van der Waals surface area contributed by atoms with Crippen molar-refractivity contribution in [2.75, 3.05) is 0 Å². The summed E-state index contributed by atoms with van der Waals surface area (Å²) >= 11 is 0. The van der Waals surface area contributed by atoms with E-state index in [-0.39, 0.29) is 11.8 Å². The van der Waals surface area contributed by atoms with E-state index < -0.39 is 6.04 Å². The summed E-state index contributed by atoms with van der Waals surface area (Å²) in [5, 5.41) is 3.78. The maximum atomic E-state index is 12.9. The molecule has 2 amide bonds. The highest BCUT2D eigenvalue weighted by Gasteiger charge is 2.39. The van der Waals surface area contributed by atoms with E-state index >= 15 is 0 Å². The van der Waals surface area contributed by atoms with Crippen LogP contribution in [-0.4, -0.2) is 22.8 Å². The van der Waals surface area contributed by atoms with Crippen LogP contribution in [0.15, 0.2) is 65.4 Å². The largest absolute Gasteiger partial charge is 0.489 e. The highest BCUT2D eigenvalue weighted by Crippen LogP contribution is 2.34. The molecule has 0 radical (unpaired) electrons. The monoisotopic (exact) mass is 388 g/mol. The van der Waals surface area contributed by atoms with E-state index in [9.17, 15) is 9.59 Å². The smallest absolute Gasteiger partial charge is 0.255 e. The second-order valence-electron chi connectivity index (χ2n) is 7.44. The molecule has 3 aromatic rings. The number of amides is 2. The van der Waals surface area contributed by atoms with Gasteiger partial charge < -0.3 is 19.4 Å². The normalized spacial score (nSPS) is 18.8. The standard InChI is InChI=1S/C23H20N2O4/c1-14-5-7-19(22(26)24-14)25-12-18-17(23(25)27)3-2-4-21(18)29-13-15-6-8-20-16(11-15)9-10-28-20/h2-4,6,8-11,19H,1,5,7,12-13H2,(H,24,26). The van der Waals surface area contributed by atoms with Gasteiger partial charge in [-0.2, -0.15) is 0 Å². The van der Waals surface area contributed by atoms with Crippen LogP contribution in [-0.2, 0) is 17.9 Å². The number of hydrogen-bond acceptors (Lipinski definition) is 4. The minimum Gasteiger partial charge on any atom is -0.489 e. The maximum absolute atomic E-state index is 12.9. The number of hydrogen-bond donors (Lipinski definition) is 1. The van der Waals surface area contributed by atoms with Crippen LogP contribution in [0.2, 0.25) is 0 Å².